The number of benzene rings is 2. The van der Waals surface area contributed by atoms with Crippen LogP contribution < -0.4 is 10.1 Å². The summed E-state index contributed by atoms with van der Waals surface area (Å²) < 4.78 is 12.0. The van der Waals surface area contributed by atoms with Gasteiger partial charge in [-0.1, -0.05) is 78.9 Å². The van der Waals surface area contributed by atoms with E-state index in [2.05, 4.69) is 5.32 Å². The maximum absolute atomic E-state index is 13.3. The molecule has 5 rings (SSSR count). The lowest BCUT2D eigenvalue weighted by Gasteiger charge is -2.23. The number of thioether (sulfide) groups is 1. The van der Waals surface area contributed by atoms with Gasteiger partial charge in [-0.25, -0.2) is 4.79 Å². The van der Waals surface area contributed by atoms with Gasteiger partial charge in [0.25, 0.3) is 5.91 Å². The van der Waals surface area contributed by atoms with Crippen molar-refractivity contribution in [2.24, 2.45) is 0 Å². The molecule has 0 spiro atoms. The maximum atomic E-state index is 13.3. The first-order valence-corrected chi connectivity index (χ1v) is 16.2. The number of esters is 1. The topological polar surface area (TPSA) is 84.9 Å². The Balaban J connectivity index is 1.25. The number of rotatable bonds is 10. The quantitative estimate of drug-likeness (QED) is 0.142. The third-order valence-corrected chi connectivity index (χ3v) is 9.37. The van der Waals surface area contributed by atoms with Crippen molar-refractivity contribution in [3.63, 3.8) is 0 Å². The predicted molar refractivity (Wildman–Crippen MR) is 173 cm³/mol. The van der Waals surface area contributed by atoms with Crippen molar-refractivity contribution in [1.82, 2.24) is 4.90 Å². The molecule has 2 heterocycles. The summed E-state index contributed by atoms with van der Waals surface area (Å²) in [7, 11) is 0. The van der Waals surface area contributed by atoms with Crippen LogP contribution in [-0.4, -0.2) is 46.3 Å². The van der Waals surface area contributed by atoms with Crippen LogP contribution in [0.5, 0.6) is 5.75 Å². The number of amides is 2. The third kappa shape index (κ3) is 7.11. The summed E-state index contributed by atoms with van der Waals surface area (Å²) in [6.45, 7) is 2.08. The second-order valence-electron chi connectivity index (χ2n) is 9.99. The maximum Gasteiger partial charge on any atom is 0.341 e. The van der Waals surface area contributed by atoms with E-state index in [0.717, 1.165) is 29.7 Å². The highest BCUT2D eigenvalue weighted by Crippen LogP contribution is 2.37. The van der Waals surface area contributed by atoms with E-state index >= 15 is 0 Å². The van der Waals surface area contributed by atoms with Crippen LogP contribution in [-0.2, 0) is 14.3 Å². The monoisotopic (exact) mass is 620 g/mol. The Labute approximate surface area is 259 Å². The molecular weight excluding hydrogens is 589 g/mol. The Morgan fingerprint density at radius 3 is 2.57 bits per heavy atom. The first kappa shape index (κ1) is 30.0. The van der Waals surface area contributed by atoms with Gasteiger partial charge < -0.3 is 14.8 Å². The van der Waals surface area contributed by atoms with E-state index in [9.17, 15) is 14.4 Å². The number of anilines is 1. The van der Waals surface area contributed by atoms with Gasteiger partial charge in [-0.2, -0.15) is 0 Å². The van der Waals surface area contributed by atoms with Crippen molar-refractivity contribution in [2.45, 2.75) is 51.6 Å². The molecular formula is C32H32N2O5S3. The van der Waals surface area contributed by atoms with Gasteiger partial charge in [-0.15, -0.1) is 11.3 Å². The van der Waals surface area contributed by atoms with Crippen molar-refractivity contribution in [1.29, 1.82) is 0 Å². The smallest absolute Gasteiger partial charge is 0.341 e. The second-order valence-corrected chi connectivity index (χ2v) is 12.5. The summed E-state index contributed by atoms with van der Waals surface area (Å²) in [4.78, 5) is 41.0. The number of carbonyl (C=O) groups is 3. The summed E-state index contributed by atoms with van der Waals surface area (Å²) in [6.07, 6.45) is 7.70. The van der Waals surface area contributed by atoms with Crippen LogP contribution in [0.4, 0.5) is 5.00 Å². The molecule has 3 aromatic rings. The minimum absolute atomic E-state index is 0.0158. The largest absolute Gasteiger partial charge is 0.490 e. The van der Waals surface area contributed by atoms with Gasteiger partial charge in [0.2, 0.25) is 5.91 Å². The highest BCUT2D eigenvalue weighted by atomic mass is 32.2. The van der Waals surface area contributed by atoms with Gasteiger partial charge >= 0.3 is 5.97 Å². The predicted octanol–water partition coefficient (Wildman–Crippen LogP) is 7.53. The summed E-state index contributed by atoms with van der Waals surface area (Å²) >= 11 is 7.99. The average Bonchev–Trinajstić information content (AvgIpc) is 3.53. The summed E-state index contributed by atoms with van der Waals surface area (Å²) in [5.41, 5.74) is 2.71. The molecule has 0 radical (unpaired) electrons. The Kier molecular flexibility index (Phi) is 10.1. The molecule has 1 aliphatic carbocycles. The summed E-state index contributed by atoms with van der Waals surface area (Å²) in [6, 6.07) is 17.2. The van der Waals surface area contributed by atoms with Crippen LogP contribution in [0.3, 0.4) is 0 Å². The van der Waals surface area contributed by atoms with E-state index in [0.29, 0.717) is 25.4 Å². The fraction of sp³-hybridized carbons (Fsp3) is 0.312. The zero-order chi connectivity index (χ0) is 29.5. The molecule has 1 saturated carbocycles. The normalized spacial score (nSPS) is 16.6. The van der Waals surface area contributed by atoms with Gasteiger partial charge in [0.05, 0.1) is 17.6 Å². The van der Waals surface area contributed by atoms with Crippen LogP contribution in [0.2, 0.25) is 0 Å². The first-order valence-electron chi connectivity index (χ1n) is 14.1. The molecule has 218 valence electrons. The Morgan fingerprint density at radius 1 is 1.07 bits per heavy atom. The molecule has 0 unspecified atom stereocenters. The van der Waals surface area contributed by atoms with Crippen molar-refractivity contribution in [3.05, 3.63) is 76.0 Å². The third-order valence-electron chi connectivity index (χ3n) is 7.10. The van der Waals surface area contributed by atoms with Crippen LogP contribution in [0.1, 0.15) is 61.4 Å². The molecule has 1 saturated heterocycles. The molecule has 10 heteroatoms. The fourth-order valence-electron chi connectivity index (χ4n) is 4.99. The molecule has 42 heavy (non-hydrogen) atoms. The van der Waals surface area contributed by atoms with E-state index < -0.39 is 5.97 Å². The van der Waals surface area contributed by atoms with E-state index in [4.69, 9.17) is 21.7 Å². The standard InChI is InChI=1S/C32H32N2O5S3/c1-2-38-31(37)28-24(21-11-5-3-6-12-21)20-41-29(28)33-27(35)17-18-34-30(36)26(42-32(34)40)19-22-13-9-10-16-25(22)39-23-14-7-4-8-15-23/h3,5-6,9-13,16,19-20,23H,2,4,7-8,14-15,17-18H2,1H3,(H,33,35)/b26-19-. The molecule has 1 aromatic heterocycles. The molecule has 2 amide bonds. The van der Waals surface area contributed by atoms with Crippen molar-refractivity contribution >= 4 is 68.5 Å². The SMILES string of the molecule is CCOC(=O)c1c(-c2ccccc2)csc1NC(=O)CCN1C(=O)/C(=C/c2ccccc2OC2CCCCC2)SC1=S. The van der Waals surface area contributed by atoms with E-state index in [1.807, 2.05) is 66.1 Å². The molecule has 1 aliphatic heterocycles. The van der Waals surface area contributed by atoms with Crippen molar-refractivity contribution in [3.8, 4) is 16.9 Å². The lowest BCUT2D eigenvalue weighted by molar-refractivity contribution is -0.122. The number of thiocarbonyl (C=S) groups is 1. The summed E-state index contributed by atoms with van der Waals surface area (Å²) in [5.74, 6) is -0.300. The van der Waals surface area contributed by atoms with Crippen LogP contribution >= 0.6 is 35.3 Å². The van der Waals surface area contributed by atoms with E-state index in [1.165, 1.54) is 47.3 Å². The molecule has 2 aliphatic rings. The zero-order valence-corrected chi connectivity index (χ0v) is 25.7. The fourth-order valence-corrected chi connectivity index (χ4v) is 7.27. The molecule has 2 fully saturated rings. The van der Waals surface area contributed by atoms with Gasteiger partial charge in [0, 0.05) is 29.5 Å². The number of carbonyl (C=O) groups excluding carboxylic acids is 3. The number of hydrogen-bond donors (Lipinski definition) is 1. The average molecular weight is 621 g/mol. The van der Waals surface area contributed by atoms with E-state index in [1.54, 1.807) is 6.92 Å². The number of hydrogen-bond acceptors (Lipinski definition) is 8. The highest BCUT2D eigenvalue weighted by molar-refractivity contribution is 8.26. The molecule has 1 N–H and O–H groups in total. The lowest BCUT2D eigenvalue weighted by Crippen LogP contribution is -2.31. The first-order chi connectivity index (χ1) is 20.4. The van der Waals surface area contributed by atoms with Gasteiger partial charge in [-0.3, -0.25) is 14.5 Å². The molecule has 0 bridgehead atoms. The van der Waals surface area contributed by atoms with Crippen LogP contribution in [0.15, 0.2) is 64.9 Å². The highest BCUT2D eigenvalue weighted by Gasteiger charge is 2.33. The number of ether oxygens (including phenoxy) is 2. The Bertz CT molecular complexity index is 1490. The zero-order valence-electron chi connectivity index (χ0n) is 23.3. The van der Waals surface area contributed by atoms with Crippen LogP contribution in [0, 0.1) is 0 Å². The number of nitrogens with zero attached hydrogens (tertiary/aromatic N) is 1. The van der Waals surface area contributed by atoms with Gasteiger partial charge in [0.15, 0.2) is 0 Å². The van der Waals surface area contributed by atoms with E-state index in [-0.39, 0.29) is 37.5 Å². The molecule has 2 aromatic carbocycles. The Hall–Kier alpha value is -3.47. The van der Waals surface area contributed by atoms with Gasteiger partial charge in [0.1, 0.15) is 20.6 Å². The second kappa shape index (κ2) is 14.1. The number of para-hydroxylation sites is 1. The number of nitrogens with one attached hydrogen (secondary N) is 1. The number of thiophene rings is 1. The minimum atomic E-state index is -0.497. The summed E-state index contributed by atoms with van der Waals surface area (Å²) in [5, 5.41) is 5.10. The minimum Gasteiger partial charge on any atom is -0.490 e. The van der Waals surface area contributed by atoms with Crippen molar-refractivity contribution in [2.75, 3.05) is 18.5 Å². The van der Waals surface area contributed by atoms with Crippen molar-refractivity contribution < 1.29 is 23.9 Å². The lowest BCUT2D eigenvalue weighted by atomic mass is 9.97. The van der Waals surface area contributed by atoms with Crippen LogP contribution in [0.25, 0.3) is 17.2 Å². The van der Waals surface area contributed by atoms with Gasteiger partial charge in [-0.05, 0) is 50.3 Å². The molecule has 7 nitrogen and oxygen atoms in total. The molecule has 0 atom stereocenters. The Morgan fingerprint density at radius 2 is 1.81 bits per heavy atom.